The number of thioether (sulfide) groups is 1. The Morgan fingerprint density at radius 2 is 1.84 bits per heavy atom. The lowest BCUT2D eigenvalue weighted by Crippen LogP contribution is -2.36. The third kappa shape index (κ3) is 4.88. The highest BCUT2D eigenvalue weighted by atomic mass is 32.2. The summed E-state index contributed by atoms with van der Waals surface area (Å²) in [5, 5.41) is 4.39. The Morgan fingerprint density at radius 1 is 1.20 bits per heavy atom. The molecule has 0 aliphatic carbocycles. The van der Waals surface area contributed by atoms with Crippen LogP contribution in [0.25, 0.3) is 11.1 Å². The molecule has 0 N–H and O–H groups in total. The predicted octanol–water partition coefficient (Wildman–Crippen LogP) is 4.81. The molecule has 0 aliphatic heterocycles. The van der Waals surface area contributed by atoms with Gasteiger partial charge in [-0.1, -0.05) is 26.0 Å². The standard InChI is InChI=1S/C20H28N2O2S/c1-14(2)11-12-24-18-17(15-7-9-16(25-6)10-8-15)13-21-22(19(18)23)20(3,4)5/h7-10,13-14H,11-12H2,1-6H3. The van der Waals surface area contributed by atoms with Crippen molar-refractivity contribution in [3.8, 4) is 16.9 Å². The summed E-state index contributed by atoms with van der Waals surface area (Å²) in [4.78, 5) is 14.2. The SMILES string of the molecule is CSc1ccc(-c2cnn(C(C)(C)C)c(=O)c2OCCC(C)C)cc1. The van der Waals surface area contributed by atoms with Crippen LogP contribution in [0.1, 0.15) is 41.0 Å². The van der Waals surface area contributed by atoms with E-state index in [1.807, 2.05) is 51.3 Å². The Morgan fingerprint density at radius 3 is 2.36 bits per heavy atom. The molecule has 0 radical (unpaired) electrons. The molecule has 136 valence electrons. The molecule has 0 fully saturated rings. The number of ether oxygens (including phenoxy) is 1. The Kier molecular flexibility index (Phi) is 6.33. The summed E-state index contributed by atoms with van der Waals surface area (Å²) in [5.74, 6) is 0.915. The summed E-state index contributed by atoms with van der Waals surface area (Å²) in [5.41, 5.74) is 1.13. The van der Waals surface area contributed by atoms with Gasteiger partial charge in [-0.2, -0.15) is 5.10 Å². The summed E-state index contributed by atoms with van der Waals surface area (Å²) < 4.78 is 7.44. The Bertz CT molecular complexity index is 759. The second-order valence-electron chi connectivity index (χ2n) is 7.53. The van der Waals surface area contributed by atoms with Crippen LogP contribution in [0.15, 0.2) is 40.2 Å². The number of hydrogen-bond acceptors (Lipinski definition) is 4. The Hall–Kier alpha value is -1.75. The third-order valence-corrected chi connectivity index (χ3v) is 4.66. The van der Waals surface area contributed by atoms with E-state index < -0.39 is 5.54 Å². The molecule has 0 saturated heterocycles. The maximum Gasteiger partial charge on any atom is 0.310 e. The smallest absolute Gasteiger partial charge is 0.310 e. The van der Waals surface area contributed by atoms with Gasteiger partial charge in [-0.05, 0) is 57.1 Å². The molecule has 0 aliphatic rings. The van der Waals surface area contributed by atoms with E-state index in [4.69, 9.17) is 4.74 Å². The van der Waals surface area contributed by atoms with E-state index in [1.54, 1.807) is 18.0 Å². The van der Waals surface area contributed by atoms with Gasteiger partial charge in [0.15, 0.2) is 5.75 Å². The molecular weight excluding hydrogens is 332 g/mol. The molecule has 0 unspecified atom stereocenters. The lowest BCUT2D eigenvalue weighted by molar-refractivity contribution is 0.270. The molecule has 1 aromatic heterocycles. The minimum absolute atomic E-state index is 0.178. The van der Waals surface area contributed by atoms with Crippen molar-refractivity contribution in [3.05, 3.63) is 40.8 Å². The van der Waals surface area contributed by atoms with Crippen LogP contribution >= 0.6 is 11.8 Å². The van der Waals surface area contributed by atoms with E-state index in [1.165, 1.54) is 9.58 Å². The molecule has 5 heteroatoms. The monoisotopic (exact) mass is 360 g/mol. The fourth-order valence-electron chi connectivity index (χ4n) is 2.43. The van der Waals surface area contributed by atoms with E-state index in [-0.39, 0.29) is 5.56 Å². The number of benzene rings is 1. The summed E-state index contributed by atoms with van der Waals surface area (Å²) in [6.45, 7) is 10.7. The molecule has 0 amide bonds. The summed E-state index contributed by atoms with van der Waals surface area (Å²) in [7, 11) is 0. The molecule has 1 heterocycles. The highest BCUT2D eigenvalue weighted by molar-refractivity contribution is 7.98. The first kappa shape index (κ1) is 19.6. The fraction of sp³-hybridized carbons (Fsp3) is 0.500. The molecule has 0 spiro atoms. The Labute approximate surface area is 154 Å². The molecule has 0 atom stereocenters. The van der Waals surface area contributed by atoms with Crippen LogP contribution in [0.2, 0.25) is 0 Å². The zero-order valence-electron chi connectivity index (χ0n) is 16.0. The molecule has 1 aromatic carbocycles. The molecule has 4 nitrogen and oxygen atoms in total. The number of hydrogen-bond donors (Lipinski definition) is 0. The van der Waals surface area contributed by atoms with Crippen LogP contribution in [0, 0.1) is 5.92 Å². The largest absolute Gasteiger partial charge is 0.487 e. The number of nitrogens with zero attached hydrogens (tertiary/aromatic N) is 2. The van der Waals surface area contributed by atoms with E-state index in [0.29, 0.717) is 18.3 Å². The van der Waals surface area contributed by atoms with Gasteiger partial charge in [0.2, 0.25) is 0 Å². The quantitative estimate of drug-likeness (QED) is 0.693. The van der Waals surface area contributed by atoms with Crippen LogP contribution in [0.5, 0.6) is 5.75 Å². The van der Waals surface area contributed by atoms with Crippen molar-refractivity contribution < 1.29 is 4.74 Å². The fourth-order valence-corrected chi connectivity index (χ4v) is 2.84. The minimum Gasteiger partial charge on any atom is -0.487 e. The van der Waals surface area contributed by atoms with Crippen LogP contribution in [0.4, 0.5) is 0 Å². The maximum absolute atomic E-state index is 13.0. The lowest BCUT2D eigenvalue weighted by atomic mass is 10.1. The zero-order valence-corrected chi connectivity index (χ0v) is 16.8. The van der Waals surface area contributed by atoms with Gasteiger partial charge in [-0.3, -0.25) is 4.79 Å². The van der Waals surface area contributed by atoms with Crippen molar-refractivity contribution in [1.82, 2.24) is 9.78 Å². The van der Waals surface area contributed by atoms with Crippen molar-refractivity contribution in [3.63, 3.8) is 0 Å². The van der Waals surface area contributed by atoms with Gasteiger partial charge in [-0.15, -0.1) is 11.8 Å². The van der Waals surface area contributed by atoms with Crippen molar-refractivity contribution in [2.45, 2.75) is 51.5 Å². The topological polar surface area (TPSA) is 44.1 Å². The molecule has 0 saturated carbocycles. The first-order chi connectivity index (χ1) is 11.7. The molecule has 2 aromatic rings. The predicted molar refractivity (Wildman–Crippen MR) is 106 cm³/mol. The zero-order chi connectivity index (χ0) is 18.6. The first-order valence-electron chi connectivity index (χ1n) is 8.64. The third-order valence-electron chi connectivity index (χ3n) is 3.91. The van der Waals surface area contributed by atoms with Gasteiger partial charge in [0.1, 0.15) is 0 Å². The number of aromatic nitrogens is 2. The number of rotatable bonds is 6. The molecule has 25 heavy (non-hydrogen) atoms. The van der Waals surface area contributed by atoms with E-state index >= 15 is 0 Å². The average molecular weight is 361 g/mol. The Balaban J connectivity index is 2.49. The van der Waals surface area contributed by atoms with E-state index in [0.717, 1.165) is 17.5 Å². The van der Waals surface area contributed by atoms with E-state index in [9.17, 15) is 4.79 Å². The summed E-state index contributed by atoms with van der Waals surface area (Å²) in [6, 6.07) is 8.12. The second kappa shape index (κ2) is 8.09. The van der Waals surface area contributed by atoms with Gasteiger partial charge in [0.25, 0.3) is 0 Å². The van der Waals surface area contributed by atoms with Gasteiger partial charge in [-0.25, -0.2) is 4.68 Å². The van der Waals surface area contributed by atoms with Crippen LogP contribution in [-0.4, -0.2) is 22.6 Å². The van der Waals surface area contributed by atoms with Crippen molar-refractivity contribution in [1.29, 1.82) is 0 Å². The van der Waals surface area contributed by atoms with Crippen LogP contribution in [-0.2, 0) is 5.54 Å². The van der Waals surface area contributed by atoms with Gasteiger partial charge in [0.05, 0.1) is 18.3 Å². The summed E-state index contributed by atoms with van der Waals surface area (Å²) >= 11 is 1.69. The van der Waals surface area contributed by atoms with Crippen molar-refractivity contribution >= 4 is 11.8 Å². The first-order valence-corrected chi connectivity index (χ1v) is 9.86. The van der Waals surface area contributed by atoms with Crippen molar-refractivity contribution in [2.24, 2.45) is 5.92 Å². The van der Waals surface area contributed by atoms with Gasteiger partial charge < -0.3 is 4.74 Å². The lowest BCUT2D eigenvalue weighted by Gasteiger charge is -2.22. The van der Waals surface area contributed by atoms with Crippen LogP contribution < -0.4 is 10.3 Å². The highest BCUT2D eigenvalue weighted by Crippen LogP contribution is 2.29. The highest BCUT2D eigenvalue weighted by Gasteiger charge is 2.22. The maximum atomic E-state index is 13.0. The molecule has 0 bridgehead atoms. The normalized spacial score (nSPS) is 11.8. The van der Waals surface area contributed by atoms with Gasteiger partial charge in [0, 0.05) is 10.5 Å². The minimum atomic E-state index is -0.394. The summed E-state index contributed by atoms with van der Waals surface area (Å²) in [6.07, 6.45) is 4.69. The van der Waals surface area contributed by atoms with Gasteiger partial charge >= 0.3 is 5.56 Å². The molecular formula is C20H28N2O2S. The van der Waals surface area contributed by atoms with Crippen molar-refractivity contribution in [2.75, 3.05) is 12.9 Å². The second-order valence-corrected chi connectivity index (χ2v) is 8.41. The van der Waals surface area contributed by atoms with E-state index in [2.05, 4.69) is 18.9 Å². The average Bonchev–Trinajstić information content (AvgIpc) is 2.55. The molecule has 2 rings (SSSR count). The van der Waals surface area contributed by atoms with Crippen LogP contribution in [0.3, 0.4) is 0 Å².